The van der Waals surface area contributed by atoms with Crippen LogP contribution in [0.1, 0.15) is 40.4 Å². The highest BCUT2D eigenvalue weighted by molar-refractivity contribution is 6.59. The monoisotopic (exact) mass is 367 g/mol. The van der Waals surface area contributed by atoms with E-state index in [0.717, 1.165) is 12.0 Å². The highest BCUT2D eigenvalue weighted by Gasteiger charge is 2.36. The van der Waals surface area contributed by atoms with Gasteiger partial charge >= 0.3 is 0 Å². The number of fused-ring (bicyclic) bond motifs is 1. The standard InChI is InChI=1S/C21H18ClNO3/c1-3-5-12-6-4-7-15-16(12)20(25)17(21(26)19(15)24)18(23-2)13-8-10-14(22)11-9-13/h4,6-11,25H,3,5H2,1-2H3. The SMILES string of the molecule is CCCc1cccc2c1C(O)=C(C(=NC)c1ccc(Cl)cc1)C(=O)C2=O. The molecule has 1 aliphatic carbocycles. The Morgan fingerprint density at radius 1 is 1.08 bits per heavy atom. The van der Waals surface area contributed by atoms with Crippen LogP contribution in [0.3, 0.4) is 0 Å². The van der Waals surface area contributed by atoms with E-state index in [1.54, 1.807) is 36.4 Å². The fourth-order valence-electron chi connectivity index (χ4n) is 3.23. The quantitative estimate of drug-likeness (QED) is 0.641. The Bertz CT molecular complexity index is 956. The van der Waals surface area contributed by atoms with Crippen molar-refractivity contribution in [1.82, 2.24) is 0 Å². The van der Waals surface area contributed by atoms with Gasteiger partial charge in [-0.3, -0.25) is 14.6 Å². The summed E-state index contributed by atoms with van der Waals surface area (Å²) in [5, 5.41) is 11.5. The maximum Gasteiger partial charge on any atom is 0.239 e. The van der Waals surface area contributed by atoms with E-state index >= 15 is 0 Å². The van der Waals surface area contributed by atoms with Crippen LogP contribution in [0.2, 0.25) is 5.02 Å². The van der Waals surface area contributed by atoms with Gasteiger partial charge in [-0.25, -0.2) is 0 Å². The summed E-state index contributed by atoms with van der Waals surface area (Å²) in [5.41, 5.74) is 2.34. The number of ketones is 2. The van der Waals surface area contributed by atoms with E-state index in [-0.39, 0.29) is 22.6 Å². The van der Waals surface area contributed by atoms with Gasteiger partial charge in [-0.05, 0) is 24.1 Å². The van der Waals surface area contributed by atoms with Gasteiger partial charge in [0.15, 0.2) is 0 Å². The Labute approximate surface area is 156 Å². The number of carbonyl (C=O) groups excluding carboxylic acids is 2. The van der Waals surface area contributed by atoms with Crippen LogP contribution in [0, 0.1) is 0 Å². The number of benzene rings is 2. The smallest absolute Gasteiger partial charge is 0.239 e. The van der Waals surface area contributed by atoms with Gasteiger partial charge in [-0.1, -0.05) is 55.3 Å². The molecule has 4 nitrogen and oxygen atoms in total. The first-order valence-corrected chi connectivity index (χ1v) is 8.75. The normalized spacial score (nSPS) is 14.7. The number of hydrogen-bond donors (Lipinski definition) is 1. The average Bonchev–Trinajstić information content (AvgIpc) is 2.64. The van der Waals surface area contributed by atoms with Gasteiger partial charge in [0, 0.05) is 28.8 Å². The number of aliphatic imine (C=N–C) groups is 1. The number of aliphatic hydroxyl groups is 1. The number of halogens is 1. The van der Waals surface area contributed by atoms with Crippen molar-refractivity contribution in [1.29, 1.82) is 0 Å². The third-order valence-electron chi connectivity index (χ3n) is 4.40. The fourth-order valence-corrected chi connectivity index (χ4v) is 3.35. The molecular formula is C21H18ClNO3. The molecule has 0 unspecified atom stereocenters. The van der Waals surface area contributed by atoms with Crippen LogP contribution < -0.4 is 0 Å². The lowest BCUT2D eigenvalue weighted by atomic mass is 9.82. The van der Waals surface area contributed by atoms with Crippen LogP contribution in [0.25, 0.3) is 5.76 Å². The number of nitrogens with zero attached hydrogens (tertiary/aromatic N) is 1. The summed E-state index contributed by atoms with van der Waals surface area (Å²) in [5.74, 6) is -1.57. The zero-order valence-corrected chi connectivity index (χ0v) is 15.3. The molecule has 0 aliphatic heterocycles. The summed E-state index contributed by atoms with van der Waals surface area (Å²) in [4.78, 5) is 29.6. The Balaban J connectivity index is 2.26. The second-order valence-corrected chi connectivity index (χ2v) is 6.49. The van der Waals surface area contributed by atoms with E-state index in [1.165, 1.54) is 7.05 Å². The zero-order chi connectivity index (χ0) is 18.8. The van der Waals surface area contributed by atoms with Gasteiger partial charge in [-0.2, -0.15) is 0 Å². The van der Waals surface area contributed by atoms with Gasteiger partial charge in [0.25, 0.3) is 0 Å². The van der Waals surface area contributed by atoms with Crippen molar-refractivity contribution in [2.24, 2.45) is 4.99 Å². The first-order chi connectivity index (χ1) is 12.5. The van der Waals surface area contributed by atoms with Crippen molar-refractivity contribution in [2.45, 2.75) is 19.8 Å². The number of carbonyl (C=O) groups is 2. The summed E-state index contributed by atoms with van der Waals surface area (Å²) < 4.78 is 0. The lowest BCUT2D eigenvalue weighted by Gasteiger charge is -2.21. The molecular weight excluding hydrogens is 350 g/mol. The number of aryl methyl sites for hydroxylation is 1. The van der Waals surface area contributed by atoms with E-state index in [4.69, 9.17) is 11.6 Å². The van der Waals surface area contributed by atoms with Gasteiger partial charge in [0.2, 0.25) is 11.6 Å². The second-order valence-electron chi connectivity index (χ2n) is 6.05. The molecule has 5 heteroatoms. The maximum absolute atomic E-state index is 12.7. The molecule has 0 spiro atoms. The summed E-state index contributed by atoms with van der Waals surface area (Å²) in [6, 6.07) is 11.9. The number of allylic oxidation sites excluding steroid dienone is 1. The number of Topliss-reactive ketones (excluding diaryl/α,β-unsaturated/α-hetero) is 2. The summed E-state index contributed by atoms with van der Waals surface area (Å²) in [6.07, 6.45) is 1.55. The van der Waals surface area contributed by atoms with Gasteiger partial charge in [0.05, 0.1) is 11.3 Å². The van der Waals surface area contributed by atoms with Crippen molar-refractivity contribution in [3.63, 3.8) is 0 Å². The average molecular weight is 368 g/mol. The van der Waals surface area contributed by atoms with Crippen molar-refractivity contribution >= 4 is 34.6 Å². The lowest BCUT2D eigenvalue weighted by molar-refractivity contribution is -0.111. The van der Waals surface area contributed by atoms with Crippen molar-refractivity contribution in [3.8, 4) is 0 Å². The summed E-state index contributed by atoms with van der Waals surface area (Å²) in [7, 11) is 1.52. The predicted octanol–water partition coefficient (Wildman–Crippen LogP) is 4.45. The van der Waals surface area contributed by atoms with E-state index in [2.05, 4.69) is 4.99 Å². The summed E-state index contributed by atoms with van der Waals surface area (Å²) in [6.45, 7) is 2.02. The molecule has 0 amide bonds. The minimum Gasteiger partial charge on any atom is -0.506 e. The molecule has 0 bridgehead atoms. The largest absolute Gasteiger partial charge is 0.506 e. The Hall–Kier alpha value is -2.72. The Morgan fingerprint density at radius 2 is 1.77 bits per heavy atom. The van der Waals surface area contributed by atoms with E-state index in [9.17, 15) is 14.7 Å². The predicted molar refractivity (Wildman–Crippen MR) is 103 cm³/mol. The van der Waals surface area contributed by atoms with Gasteiger partial charge < -0.3 is 5.11 Å². The molecule has 1 aliphatic rings. The fraction of sp³-hybridized carbons (Fsp3) is 0.190. The van der Waals surface area contributed by atoms with Crippen molar-refractivity contribution in [3.05, 3.63) is 75.3 Å². The van der Waals surface area contributed by atoms with Gasteiger partial charge in [-0.15, -0.1) is 0 Å². The maximum atomic E-state index is 12.7. The van der Waals surface area contributed by atoms with Crippen LogP contribution in [0.5, 0.6) is 0 Å². The molecule has 26 heavy (non-hydrogen) atoms. The number of hydrogen-bond acceptors (Lipinski definition) is 4. The second kappa shape index (κ2) is 7.26. The van der Waals surface area contributed by atoms with E-state index in [0.29, 0.717) is 22.6 Å². The third-order valence-corrected chi connectivity index (χ3v) is 4.65. The van der Waals surface area contributed by atoms with Crippen LogP contribution >= 0.6 is 11.6 Å². The molecule has 0 aromatic heterocycles. The molecule has 1 N–H and O–H groups in total. The molecule has 2 aromatic rings. The van der Waals surface area contributed by atoms with Crippen LogP contribution in [-0.2, 0) is 11.2 Å². The number of rotatable bonds is 4. The molecule has 0 heterocycles. The first kappa shape index (κ1) is 18.1. The minimum atomic E-state index is -0.751. The summed E-state index contributed by atoms with van der Waals surface area (Å²) >= 11 is 5.93. The highest BCUT2D eigenvalue weighted by atomic mass is 35.5. The lowest BCUT2D eigenvalue weighted by Crippen LogP contribution is -2.29. The van der Waals surface area contributed by atoms with Gasteiger partial charge in [0.1, 0.15) is 5.76 Å². The van der Waals surface area contributed by atoms with E-state index < -0.39 is 11.6 Å². The molecule has 0 saturated carbocycles. The molecule has 2 aromatic carbocycles. The molecule has 0 saturated heterocycles. The Morgan fingerprint density at radius 3 is 2.38 bits per heavy atom. The molecule has 0 radical (unpaired) electrons. The zero-order valence-electron chi connectivity index (χ0n) is 14.5. The van der Waals surface area contributed by atoms with Crippen molar-refractivity contribution in [2.75, 3.05) is 7.05 Å². The highest BCUT2D eigenvalue weighted by Crippen LogP contribution is 2.33. The minimum absolute atomic E-state index is 0.0594. The van der Waals surface area contributed by atoms with Crippen molar-refractivity contribution < 1.29 is 14.7 Å². The van der Waals surface area contributed by atoms with Crippen LogP contribution in [0.15, 0.2) is 53.0 Å². The van der Waals surface area contributed by atoms with Crippen LogP contribution in [-0.4, -0.2) is 29.4 Å². The third kappa shape index (κ3) is 2.97. The van der Waals surface area contributed by atoms with E-state index in [1.807, 2.05) is 13.0 Å². The molecule has 132 valence electrons. The molecule has 3 rings (SSSR count). The first-order valence-electron chi connectivity index (χ1n) is 8.37. The topological polar surface area (TPSA) is 66.7 Å². The molecule has 0 fully saturated rings. The Kier molecular flexibility index (Phi) is 5.05. The van der Waals surface area contributed by atoms with Crippen LogP contribution in [0.4, 0.5) is 0 Å². The molecule has 0 atom stereocenters. The number of aliphatic hydroxyl groups excluding tert-OH is 1.